The lowest BCUT2D eigenvalue weighted by Gasteiger charge is -2.43. The van der Waals surface area contributed by atoms with Gasteiger partial charge in [-0.15, -0.1) is 6.58 Å². The molecule has 0 bridgehead atoms. The molecule has 0 radical (unpaired) electrons. The normalized spacial score (nSPS) is 25.0. The van der Waals surface area contributed by atoms with E-state index in [9.17, 15) is 9.59 Å². The Hall–Kier alpha value is -1.32. The van der Waals surface area contributed by atoms with E-state index >= 15 is 0 Å². The summed E-state index contributed by atoms with van der Waals surface area (Å²) in [6.07, 6.45) is 3.25. The lowest BCUT2D eigenvalue weighted by atomic mass is 9.83. The summed E-state index contributed by atoms with van der Waals surface area (Å²) in [5, 5.41) is 2.86. The second-order valence-electron chi connectivity index (χ2n) is 5.89. The van der Waals surface area contributed by atoms with Crippen LogP contribution in [0.4, 0.5) is 0 Å². The molecule has 4 nitrogen and oxygen atoms in total. The first-order valence-corrected chi connectivity index (χ1v) is 6.54. The van der Waals surface area contributed by atoms with Crippen molar-refractivity contribution < 1.29 is 9.59 Å². The molecular weight excluding hydrogens is 228 g/mol. The smallest absolute Gasteiger partial charge is 0.246 e. The predicted molar refractivity (Wildman–Crippen MR) is 72.0 cm³/mol. The van der Waals surface area contributed by atoms with Crippen molar-refractivity contribution in [1.82, 2.24) is 10.2 Å². The topological polar surface area (TPSA) is 49.4 Å². The van der Waals surface area contributed by atoms with Crippen molar-refractivity contribution in [2.75, 3.05) is 6.54 Å². The summed E-state index contributed by atoms with van der Waals surface area (Å²) in [5.74, 6) is -0.0429. The van der Waals surface area contributed by atoms with Crippen LogP contribution in [-0.2, 0) is 9.59 Å². The molecule has 0 saturated carbocycles. The Morgan fingerprint density at radius 3 is 2.44 bits per heavy atom. The number of carbonyl (C=O) groups is 2. The predicted octanol–water partition coefficient (Wildman–Crippen LogP) is 1.71. The summed E-state index contributed by atoms with van der Waals surface area (Å²) in [4.78, 5) is 26.2. The van der Waals surface area contributed by atoms with Crippen molar-refractivity contribution in [3.8, 4) is 0 Å². The second kappa shape index (κ2) is 5.55. The van der Waals surface area contributed by atoms with E-state index in [4.69, 9.17) is 0 Å². The van der Waals surface area contributed by atoms with Gasteiger partial charge in [-0.05, 0) is 11.8 Å². The monoisotopic (exact) mass is 252 g/mol. The Morgan fingerprint density at radius 2 is 2.00 bits per heavy atom. The van der Waals surface area contributed by atoms with E-state index in [1.54, 1.807) is 11.0 Å². The molecule has 1 aliphatic rings. The van der Waals surface area contributed by atoms with Crippen molar-refractivity contribution >= 4 is 11.8 Å². The van der Waals surface area contributed by atoms with E-state index in [1.807, 2.05) is 27.7 Å². The van der Waals surface area contributed by atoms with Gasteiger partial charge in [-0.1, -0.05) is 40.2 Å². The summed E-state index contributed by atoms with van der Waals surface area (Å²) in [6.45, 7) is 12.0. The summed E-state index contributed by atoms with van der Waals surface area (Å²) < 4.78 is 0. The highest BCUT2D eigenvalue weighted by Crippen LogP contribution is 2.26. The highest BCUT2D eigenvalue weighted by molar-refractivity contribution is 5.97. The van der Waals surface area contributed by atoms with Gasteiger partial charge in [0.2, 0.25) is 11.8 Å². The Balaban J connectivity index is 3.00. The van der Waals surface area contributed by atoms with Gasteiger partial charge in [-0.25, -0.2) is 0 Å². The van der Waals surface area contributed by atoms with E-state index < -0.39 is 6.04 Å². The quantitative estimate of drug-likeness (QED) is 0.774. The molecule has 1 saturated heterocycles. The van der Waals surface area contributed by atoms with Crippen molar-refractivity contribution in [2.45, 2.75) is 52.6 Å². The fourth-order valence-electron chi connectivity index (χ4n) is 2.26. The third kappa shape index (κ3) is 2.92. The molecule has 0 spiro atoms. The zero-order valence-electron chi connectivity index (χ0n) is 11.8. The maximum atomic E-state index is 12.5. The van der Waals surface area contributed by atoms with Gasteiger partial charge in [-0.2, -0.15) is 0 Å². The van der Waals surface area contributed by atoms with Crippen LogP contribution in [0.25, 0.3) is 0 Å². The van der Waals surface area contributed by atoms with E-state index in [0.29, 0.717) is 13.0 Å². The molecule has 0 aromatic heterocycles. The van der Waals surface area contributed by atoms with Crippen molar-refractivity contribution in [2.24, 2.45) is 5.41 Å². The summed E-state index contributed by atoms with van der Waals surface area (Å²) in [7, 11) is 0. The molecule has 0 aromatic rings. The van der Waals surface area contributed by atoms with Crippen molar-refractivity contribution in [1.29, 1.82) is 0 Å². The van der Waals surface area contributed by atoms with Gasteiger partial charge >= 0.3 is 0 Å². The van der Waals surface area contributed by atoms with Gasteiger partial charge in [0.25, 0.3) is 0 Å². The van der Waals surface area contributed by atoms with E-state index in [2.05, 4.69) is 11.9 Å². The van der Waals surface area contributed by atoms with E-state index in [-0.39, 0.29) is 23.3 Å². The van der Waals surface area contributed by atoms with Crippen LogP contribution < -0.4 is 5.32 Å². The van der Waals surface area contributed by atoms with Gasteiger partial charge < -0.3 is 10.2 Å². The number of hydrogen-bond acceptors (Lipinski definition) is 2. The van der Waals surface area contributed by atoms with Gasteiger partial charge in [0.15, 0.2) is 0 Å². The van der Waals surface area contributed by atoms with Gasteiger partial charge in [-0.3, -0.25) is 9.59 Å². The lowest BCUT2D eigenvalue weighted by Crippen LogP contribution is -2.66. The highest BCUT2D eigenvalue weighted by atomic mass is 16.2. The maximum absolute atomic E-state index is 12.5. The first-order chi connectivity index (χ1) is 8.32. The first kappa shape index (κ1) is 14.7. The zero-order chi connectivity index (χ0) is 13.9. The Morgan fingerprint density at radius 1 is 1.39 bits per heavy atom. The molecule has 2 unspecified atom stereocenters. The number of amides is 2. The molecule has 1 fully saturated rings. The van der Waals surface area contributed by atoms with Gasteiger partial charge in [0.1, 0.15) is 12.1 Å². The van der Waals surface area contributed by atoms with Crippen LogP contribution in [0.15, 0.2) is 12.7 Å². The van der Waals surface area contributed by atoms with Gasteiger partial charge in [0.05, 0.1) is 0 Å². The maximum Gasteiger partial charge on any atom is 0.246 e. The first-order valence-electron chi connectivity index (χ1n) is 6.54. The SMILES string of the molecule is C=CCN1C(=O)C(C(C)(C)C)NC(=O)C1CCC. The van der Waals surface area contributed by atoms with E-state index in [1.165, 1.54) is 0 Å². The van der Waals surface area contributed by atoms with Crippen LogP contribution in [-0.4, -0.2) is 35.3 Å². The third-order valence-corrected chi connectivity index (χ3v) is 3.25. The fourth-order valence-corrected chi connectivity index (χ4v) is 2.26. The number of nitrogens with zero attached hydrogens (tertiary/aromatic N) is 1. The van der Waals surface area contributed by atoms with Crippen molar-refractivity contribution in [3.63, 3.8) is 0 Å². The zero-order valence-corrected chi connectivity index (χ0v) is 11.8. The number of hydrogen-bond donors (Lipinski definition) is 1. The van der Waals surface area contributed by atoms with Gasteiger partial charge in [0, 0.05) is 6.54 Å². The number of rotatable bonds is 4. The molecule has 0 aliphatic carbocycles. The van der Waals surface area contributed by atoms with Crippen LogP contribution in [0.5, 0.6) is 0 Å². The lowest BCUT2D eigenvalue weighted by molar-refractivity contribution is -0.152. The molecule has 1 N–H and O–H groups in total. The molecular formula is C14H24N2O2. The minimum Gasteiger partial charge on any atom is -0.342 e. The fraction of sp³-hybridized carbons (Fsp3) is 0.714. The average molecular weight is 252 g/mol. The molecule has 2 atom stereocenters. The van der Waals surface area contributed by atoms with Crippen molar-refractivity contribution in [3.05, 3.63) is 12.7 Å². The number of carbonyl (C=O) groups excluding carboxylic acids is 2. The second-order valence-corrected chi connectivity index (χ2v) is 5.89. The highest BCUT2D eigenvalue weighted by Gasteiger charge is 2.44. The number of nitrogens with one attached hydrogen (secondary N) is 1. The molecule has 2 amide bonds. The van der Waals surface area contributed by atoms with Crippen LogP contribution in [0.3, 0.4) is 0 Å². The Bertz CT molecular complexity index is 344. The van der Waals surface area contributed by atoms with Crippen LogP contribution in [0.2, 0.25) is 0 Å². The molecule has 4 heteroatoms. The Kier molecular flexibility index (Phi) is 4.54. The minimum absolute atomic E-state index is 0.000417. The summed E-state index contributed by atoms with van der Waals surface area (Å²) in [5.41, 5.74) is -0.274. The average Bonchev–Trinajstić information content (AvgIpc) is 2.26. The molecule has 0 aromatic carbocycles. The minimum atomic E-state index is -0.446. The number of piperazine rings is 1. The molecule has 1 aliphatic heterocycles. The largest absolute Gasteiger partial charge is 0.342 e. The third-order valence-electron chi connectivity index (χ3n) is 3.25. The van der Waals surface area contributed by atoms with Crippen LogP contribution in [0.1, 0.15) is 40.5 Å². The molecule has 18 heavy (non-hydrogen) atoms. The standard InChI is InChI=1S/C14H24N2O2/c1-6-8-10-12(17)15-11(14(3,4)5)13(18)16(10)9-7-2/h7,10-11H,2,6,8-9H2,1,3-5H3,(H,15,17). The van der Waals surface area contributed by atoms with Crippen LogP contribution >= 0.6 is 0 Å². The Labute approximate surface area is 109 Å². The molecule has 1 heterocycles. The summed E-state index contributed by atoms with van der Waals surface area (Å²) in [6, 6.07) is -0.794. The summed E-state index contributed by atoms with van der Waals surface area (Å²) >= 11 is 0. The molecule has 102 valence electrons. The molecule has 1 rings (SSSR count). The van der Waals surface area contributed by atoms with E-state index in [0.717, 1.165) is 6.42 Å². The van der Waals surface area contributed by atoms with Crippen LogP contribution in [0, 0.1) is 5.41 Å².